The molecule has 8 nitrogen and oxygen atoms in total. The monoisotopic (exact) mass is 277 g/mol. The molecular formula is C12H15N5O3. The van der Waals surface area contributed by atoms with E-state index in [2.05, 4.69) is 15.5 Å². The zero-order valence-corrected chi connectivity index (χ0v) is 10.8. The van der Waals surface area contributed by atoms with Crippen LogP contribution in [0.5, 0.6) is 0 Å². The van der Waals surface area contributed by atoms with Crippen LogP contribution in [0.3, 0.4) is 0 Å². The molecule has 2 aromatic heterocycles. The van der Waals surface area contributed by atoms with Crippen LogP contribution in [-0.4, -0.2) is 68.9 Å². The number of carbonyl (C=O) groups excluding carboxylic acids is 1. The maximum absolute atomic E-state index is 12.5. The normalized spacial score (nSPS) is 20.1. The summed E-state index contributed by atoms with van der Waals surface area (Å²) in [4.78, 5) is 14.2. The quantitative estimate of drug-likeness (QED) is 0.773. The number of hydrogen-bond acceptors (Lipinski definition) is 6. The van der Waals surface area contributed by atoms with Crippen molar-refractivity contribution in [1.29, 1.82) is 0 Å². The van der Waals surface area contributed by atoms with Gasteiger partial charge >= 0.3 is 0 Å². The van der Waals surface area contributed by atoms with Gasteiger partial charge < -0.3 is 14.7 Å². The highest BCUT2D eigenvalue weighted by atomic mass is 16.5. The minimum Gasteiger partial charge on any atom is -0.396 e. The maximum atomic E-state index is 12.5. The molecular weight excluding hydrogens is 262 g/mol. The highest BCUT2D eigenvalue weighted by Crippen LogP contribution is 2.11. The van der Waals surface area contributed by atoms with Crippen molar-refractivity contribution in [2.45, 2.75) is 0 Å². The van der Waals surface area contributed by atoms with E-state index in [0.717, 1.165) is 0 Å². The number of aliphatic hydroxyl groups is 1. The van der Waals surface area contributed by atoms with E-state index in [0.29, 0.717) is 37.5 Å². The Morgan fingerprint density at radius 1 is 1.50 bits per heavy atom. The molecule has 1 atom stereocenters. The lowest BCUT2D eigenvalue weighted by atomic mass is 10.1. The lowest BCUT2D eigenvalue weighted by Crippen LogP contribution is -2.36. The van der Waals surface area contributed by atoms with E-state index in [1.54, 1.807) is 23.2 Å². The Bertz CT molecular complexity index is 614. The van der Waals surface area contributed by atoms with E-state index in [4.69, 9.17) is 4.74 Å². The molecule has 1 aliphatic rings. The van der Waals surface area contributed by atoms with Gasteiger partial charge in [-0.25, -0.2) is 0 Å². The predicted molar refractivity (Wildman–Crippen MR) is 68.1 cm³/mol. The molecule has 1 aliphatic heterocycles. The fourth-order valence-corrected chi connectivity index (χ4v) is 2.23. The average molecular weight is 277 g/mol. The molecule has 106 valence electrons. The first-order valence-electron chi connectivity index (χ1n) is 6.43. The van der Waals surface area contributed by atoms with Crippen molar-refractivity contribution in [3.63, 3.8) is 0 Å². The van der Waals surface area contributed by atoms with E-state index in [9.17, 15) is 9.90 Å². The van der Waals surface area contributed by atoms with Gasteiger partial charge in [-0.2, -0.15) is 4.52 Å². The molecule has 0 aliphatic carbocycles. The maximum Gasteiger partial charge on any atom is 0.255 e. The summed E-state index contributed by atoms with van der Waals surface area (Å²) in [6.45, 7) is 1.98. The van der Waals surface area contributed by atoms with E-state index in [1.807, 2.05) is 0 Å². The molecule has 0 saturated carbocycles. The Morgan fingerprint density at radius 2 is 2.40 bits per heavy atom. The van der Waals surface area contributed by atoms with Crippen molar-refractivity contribution in [3.05, 3.63) is 23.9 Å². The molecule has 3 heterocycles. The number of carbonyl (C=O) groups is 1. The van der Waals surface area contributed by atoms with Crippen molar-refractivity contribution in [1.82, 2.24) is 24.9 Å². The second-order valence-electron chi connectivity index (χ2n) is 4.77. The first kappa shape index (κ1) is 12.9. The van der Waals surface area contributed by atoms with Crippen LogP contribution in [0.15, 0.2) is 18.3 Å². The number of pyridine rings is 1. The minimum absolute atomic E-state index is 0.00973. The van der Waals surface area contributed by atoms with Gasteiger partial charge in [0.1, 0.15) is 0 Å². The summed E-state index contributed by atoms with van der Waals surface area (Å²) in [5.41, 5.74) is 1.11. The van der Waals surface area contributed by atoms with Crippen molar-refractivity contribution < 1.29 is 14.6 Å². The van der Waals surface area contributed by atoms with E-state index in [-0.39, 0.29) is 18.4 Å². The average Bonchev–Trinajstić information content (AvgIpc) is 2.81. The Hall–Kier alpha value is -2.06. The third kappa shape index (κ3) is 2.47. The number of rotatable bonds is 2. The van der Waals surface area contributed by atoms with Gasteiger partial charge in [-0.15, -0.1) is 5.10 Å². The SMILES string of the molecule is O=C(c1ccc2nnnn2c1)N1CCOC[C@H](CO)C1. The van der Waals surface area contributed by atoms with Gasteiger partial charge in [-0.05, 0) is 22.6 Å². The number of hydrogen-bond donors (Lipinski definition) is 1. The van der Waals surface area contributed by atoms with Crippen LogP contribution in [0.4, 0.5) is 0 Å². The molecule has 0 bridgehead atoms. The van der Waals surface area contributed by atoms with E-state index < -0.39 is 0 Å². The first-order valence-corrected chi connectivity index (χ1v) is 6.43. The third-order valence-electron chi connectivity index (χ3n) is 3.32. The van der Waals surface area contributed by atoms with Crippen LogP contribution in [0.1, 0.15) is 10.4 Å². The first-order chi connectivity index (χ1) is 9.78. The van der Waals surface area contributed by atoms with Gasteiger partial charge in [0.25, 0.3) is 5.91 Å². The molecule has 0 spiro atoms. The molecule has 8 heteroatoms. The molecule has 1 amide bonds. The van der Waals surface area contributed by atoms with Gasteiger partial charge in [-0.1, -0.05) is 0 Å². The van der Waals surface area contributed by atoms with Crippen LogP contribution in [0, 0.1) is 5.92 Å². The number of nitrogens with zero attached hydrogens (tertiary/aromatic N) is 5. The van der Waals surface area contributed by atoms with Crippen LogP contribution in [-0.2, 0) is 4.74 Å². The summed E-state index contributed by atoms with van der Waals surface area (Å²) in [7, 11) is 0. The number of aliphatic hydroxyl groups excluding tert-OH is 1. The third-order valence-corrected chi connectivity index (χ3v) is 3.32. The minimum atomic E-state index is -0.105. The molecule has 2 aromatic rings. The number of amides is 1. The summed E-state index contributed by atoms with van der Waals surface area (Å²) in [6.07, 6.45) is 1.61. The topological polar surface area (TPSA) is 92.9 Å². The van der Waals surface area contributed by atoms with Crippen LogP contribution < -0.4 is 0 Å². The Balaban J connectivity index is 1.82. The largest absolute Gasteiger partial charge is 0.396 e. The summed E-state index contributed by atoms with van der Waals surface area (Å²) in [6, 6.07) is 3.40. The molecule has 1 N–H and O–H groups in total. The standard InChI is InChI=1S/C12H15N5O3/c18-7-9-5-16(3-4-20-8-9)12(19)10-1-2-11-13-14-15-17(11)6-10/h1-2,6,9,18H,3-5,7-8H2/t9-/m0/s1. The summed E-state index contributed by atoms with van der Waals surface area (Å²) >= 11 is 0. The van der Waals surface area contributed by atoms with Crippen molar-refractivity contribution in [2.75, 3.05) is 32.9 Å². The molecule has 20 heavy (non-hydrogen) atoms. The highest BCUT2D eigenvalue weighted by molar-refractivity contribution is 5.94. The summed E-state index contributed by atoms with van der Waals surface area (Å²) in [5.74, 6) is -0.149. The molecule has 1 fully saturated rings. The predicted octanol–water partition coefficient (Wildman–Crippen LogP) is -0.795. The van der Waals surface area contributed by atoms with E-state index in [1.165, 1.54) is 4.52 Å². The van der Waals surface area contributed by atoms with Crippen LogP contribution in [0.25, 0.3) is 5.65 Å². The molecule has 1 saturated heterocycles. The van der Waals surface area contributed by atoms with Crippen molar-refractivity contribution in [2.24, 2.45) is 5.92 Å². The summed E-state index contributed by atoms with van der Waals surface area (Å²) in [5, 5.41) is 20.4. The lowest BCUT2D eigenvalue weighted by molar-refractivity contribution is 0.0727. The van der Waals surface area contributed by atoms with E-state index >= 15 is 0 Å². The van der Waals surface area contributed by atoms with Crippen LogP contribution >= 0.6 is 0 Å². The Kier molecular flexibility index (Phi) is 3.57. The number of fused-ring (bicyclic) bond motifs is 1. The van der Waals surface area contributed by atoms with Gasteiger partial charge in [0.2, 0.25) is 0 Å². The van der Waals surface area contributed by atoms with Gasteiger partial charge in [0.15, 0.2) is 5.65 Å². The smallest absolute Gasteiger partial charge is 0.255 e. The number of aromatic nitrogens is 4. The summed E-state index contributed by atoms with van der Waals surface area (Å²) < 4.78 is 6.84. The highest BCUT2D eigenvalue weighted by Gasteiger charge is 2.23. The number of tetrazole rings is 1. The Morgan fingerprint density at radius 3 is 3.25 bits per heavy atom. The van der Waals surface area contributed by atoms with Gasteiger partial charge in [-0.3, -0.25) is 4.79 Å². The van der Waals surface area contributed by atoms with Crippen molar-refractivity contribution in [3.8, 4) is 0 Å². The lowest BCUT2D eigenvalue weighted by Gasteiger charge is -2.22. The molecule has 0 radical (unpaired) electrons. The molecule has 0 unspecified atom stereocenters. The second-order valence-corrected chi connectivity index (χ2v) is 4.77. The zero-order valence-electron chi connectivity index (χ0n) is 10.8. The van der Waals surface area contributed by atoms with Crippen molar-refractivity contribution >= 4 is 11.6 Å². The fourth-order valence-electron chi connectivity index (χ4n) is 2.23. The molecule has 3 rings (SSSR count). The zero-order chi connectivity index (χ0) is 13.9. The fraction of sp³-hybridized carbons (Fsp3) is 0.500. The molecule has 0 aromatic carbocycles. The van der Waals surface area contributed by atoms with Gasteiger partial charge in [0, 0.05) is 31.8 Å². The van der Waals surface area contributed by atoms with Crippen LogP contribution in [0.2, 0.25) is 0 Å². The number of ether oxygens (including phenoxy) is 1. The van der Waals surface area contributed by atoms with Gasteiger partial charge in [0.05, 0.1) is 18.8 Å². The Labute approximate surface area is 114 Å². The second kappa shape index (κ2) is 5.51.